The van der Waals surface area contributed by atoms with Gasteiger partial charge in [0.15, 0.2) is 6.29 Å². The van der Waals surface area contributed by atoms with Gasteiger partial charge in [-0.15, -0.1) is 11.3 Å². The molecular formula is C10H13NOS. The number of carbonyl (C=O) groups excluding carboxylic acids is 1. The van der Waals surface area contributed by atoms with Crippen molar-refractivity contribution in [3.05, 3.63) is 28.0 Å². The lowest BCUT2D eigenvalue weighted by Crippen LogP contribution is -2.05. The van der Waals surface area contributed by atoms with Crippen molar-refractivity contribution in [3.63, 3.8) is 0 Å². The zero-order valence-electron chi connectivity index (χ0n) is 7.62. The molecule has 0 aliphatic rings. The molecule has 0 saturated carbocycles. The smallest absolute Gasteiger partial charge is 0.160 e. The Morgan fingerprint density at radius 2 is 2.46 bits per heavy atom. The maximum Gasteiger partial charge on any atom is 0.160 e. The molecule has 0 atom stereocenters. The summed E-state index contributed by atoms with van der Waals surface area (Å²) < 4.78 is 0. The quantitative estimate of drug-likeness (QED) is 0.576. The predicted octanol–water partition coefficient (Wildman–Crippen LogP) is 2.18. The van der Waals surface area contributed by atoms with Crippen molar-refractivity contribution in [2.24, 2.45) is 0 Å². The summed E-state index contributed by atoms with van der Waals surface area (Å²) in [5.74, 6) is 0. The molecule has 1 aromatic heterocycles. The van der Waals surface area contributed by atoms with Crippen molar-refractivity contribution in [2.75, 3.05) is 13.6 Å². The molecule has 0 fully saturated rings. The van der Waals surface area contributed by atoms with E-state index in [4.69, 9.17) is 0 Å². The van der Waals surface area contributed by atoms with Crippen LogP contribution in [0.3, 0.4) is 0 Å². The van der Waals surface area contributed by atoms with Crippen LogP contribution in [0.2, 0.25) is 0 Å². The Morgan fingerprint density at radius 1 is 1.62 bits per heavy atom. The predicted molar refractivity (Wildman–Crippen MR) is 57.3 cm³/mol. The van der Waals surface area contributed by atoms with Crippen LogP contribution in [-0.4, -0.2) is 19.9 Å². The third-order valence-electron chi connectivity index (χ3n) is 1.69. The summed E-state index contributed by atoms with van der Waals surface area (Å²) >= 11 is 1.48. The molecule has 2 nitrogen and oxygen atoms in total. The van der Waals surface area contributed by atoms with E-state index in [0.717, 1.165) is 29.7 Å². The van der Waals surface area contributed by atoms with Crippen molar-refractivity contribution >= 4 is 23.7 Å². The summed E-state index contributed by atoms with van der Waals surface area (Å²) in [5.41, 5.74) is 1.02. The van der Waals surface area contributed by atoms with Crippen LogP contribution in [0.15, 0.2) is 17.5 Å². The highest BCUT2D eigenvalue weighted by Gasteiger charge is 1.97. The Bertz CT molecular complexity index is 291. The van der Waals surface area contributed by atoms with E-state index in [1.54, 1.807) is 0 Å². The summed E-state index contributed by atoms with van der Waals surface area (Å²) in [6.07, 6.45) is 5.97. The summed E-state index contributed by atoms with van der Waals surface area (Å²) in [7, 11) is 1.93. The fourth-order valence-electron chi connectivity index (χ4n) is 1.00. The monoisotopic (exact) mass is 195 g/mol. The molecule has 0 amide bonds. The number of aldehydes is 1. The Morgan fingerprint density at radius 3 is 3.15 bits per heavy atom. The summed E-state index contributed by atoms with van der Waals surface area (Å²) in [6.45, 7) is 0.969. The lowest BCUT2D eigenvalue weighted by Gasteiger charge is -1.91. The van der Waals surface area contributed by atoms with E-state index in [1.807, 2.05) is 24.6 Å². The number of carbonyl (C=O) groups is 1. The van der Waals surface area contributed by atoms with E-state index >= 15 is 0 Å². The van der Waals surface area contributed by atoms with E-state index in [9.17, 15) is 4.79 Å². The topological polar surface area (TPSA) is 29.1 Å². The molecule has 0 radical (unpaired) electrons. The molecule has 1 aromatic rings. The second-order valence-electron chi connectivity index (χ2n) is 2.65. The van der Waals surface area contributed by atoms with E-state index in [2.05, 4.69) is 11.4 Å². The molecule has 0 saturated heterocycles. The second kappa shape index (κ2) is 5.67. The Labute approximate surface area is 82.3 Å². The van der Waals surface area contributed by atoms with Gasteiger partial charge in [-0.2, -0.15) is 0 Å². The van der Waals surface area contributed by atoms with Gasteiger partial charge in [0.05, 0.1) is 4.88 Å². The molecule has 3 heteroatoms. The van der Waals surface area contributed by atoms with Crippen molar-refractivity contribution in [1.82, 2.24) is 5.32 Å². The third kappa shape index (κ3) is 3.13. The first kappa shape index (κ1) is 10.2. The Hall–Kier alpha value is -0.930. The molecule has 0 aliphatic heterocycles. The standard InChI is InChI=1S/C10H13NOS/c1-11-6-3-2-4-9-5-7-13-10(9)8-12/h2,4-5,7-8,11H,3,6H2,1H3. The van der Waals surface area contributed by atoms with Crippen LogP contribution in [-0.2, 0) is 0 Å². The van der Waals surface area contributed by atoms with E-state index < -0.39 is 0 Å². The Kier molecular flexibility index (Phi) is 4.43. The van der Waals surface area contributed by atoms with Gasteiger partial charge < -0.3 is 5.32 Å². The Balaban J connectivity index is 2.52. The maximum absolute atomic E-state index is 10.5. The number of rotatable bonds is 5. The number of nitrogens with one attached hydrogen (secondary N) is 1. The first-order valence-corrected chi connectivity index (χ1v) is 5.10. The van der Waals surface area contributed by atoms with Gasteiger partial charge >= 0.3 is 0 Å². The van der Waals surface area contributed by atoms with Crippen LogP contribution >= 0.6 is 11.3 Å². The molecular weight excluding hydrogens is 182 g/mol. The maximum atomic E-state index is 10.5. The zero-order valence-corrected chi connectivity index (χ0v) is 8.43. The van der Waals surface area contributed by atoms with Crippen LogP contribution in [0.4, 0.5) is 0 Å². The first-order chi connectivity index (χ1) is 6.38. The lowest BCUT2D eigenvalue weighted by molar-refractivity contribution is 0.112. The fourth-order valence-corrected chi connectivity index (χ4v) is 1.69. The van der Waals surface area contributed by atoms with E-state index in [0.29, 0.717) is 0 Å². The van der Waals surface area contributed by atoms with Gasteiger partial charge in [0.25, 0.3) is 0 Å². The second-order valence-corrected chi connectivity index (χ2v) is 3.60. The minimum absolute atomic E-state index is 0.806. The van der Waals surface area contributed by atoms with Crippen molar-refractivity contribution in [3.8, 4) is 0 Å². The molecule has 13 heavy (non-hydrogen) atoms. The fraction of sp³-hybridized carbons (Fsp3) is 0.300. The normalized spacial score (nSPS) is 10.8. The van der Waals surface area contributed by atoms with Gasteiger partial charge in [0, 0.05) is 0 Å². The molecule has 1 N–H and O–H groups in total. The van der Waals surface area contributed by atoms with Crippen LogP contribution in [0, 0.1) is 0 Å². The van der Waals surface area contributed by atoms with E-state index in [1.165, 1.54) is 11.3 Å². The van der Waals surface area contributed by atoms with Crippen molar-refractivity contribution < 1.29 is 4.79 Å². The average Bonchev–Trinajstić information content (AvgIpc) is 2.60. The van der Waals surface area contributed by atoms with E-state index in [-0.39, 0.29) is 0 Å². The van der Waals surface area contributed by atoms with Gasteiger partial charge in [-0.3, -0.25) is 4.79 Å². The van der Waals surface area contributed by atoms with Gasteiger partial charge in [-0.1, -0.05) is 12.2 Å². The summed E-state index contributed by atoms with van der Waals surface area (Å²) in [6, 6.07) is 1.96. The number of thiophene rings is 1. The van der Waals surface area contributed by atoms with Gasteiger partial charge in [-0.25, -0.2) is 0 Å². The van der Waals surface area contributed by atoms with Gasteiger partial charge in [0.1, 0.15) is 0 Å². The number of hydrogen-bond donors (Lipinski definition) is 1. The van der Waals surface area contributed by atoms with Crippen molar-refractivity contribution in [2.45, 2.75) is 6.42 Å². The van der Waals surface area contributed by atoms with Crippen LogP contribution < -0.4 is 5.32 Å². The third-order valence-corrected chi connectivity index (χ3v) is 2.55. The summed E-state index contributed by atoms with van der Waals surface area (Å²) in [4.78, 5) is 11.3. The summed E-state index contributed by atoms with van der Waals surface area (Å²) in [5, 5.41) is 4.99. The molecule has 0 aliphatic carbocycles. The highest BCUT2D eigenvalue weighted by molar-refractivity contribution is 7.11. The minimum atomic E-state index is 0.806. The molecule has 1 heterocycles. The first-order valence-electron chi connectivity index (χ1n) is 4.22. The molecule has 0 aromatic carbocycles. The zero-order chi connectivity index (χ0) is 9.52. The molecule has 0 unspecified atom stereocenters. The van der Waals surface area contributed by atoms with Crippen LogP contribution in [0.1, 0.15) is 21.7 Å². The minimum Gasteiger partial charge on any atom is -0.319 e. The highest BCUT2D eigenvalue weighted by Crippen LogP contribution is 2.15. The molecule has 0 spiro atoms. The number of hydrogen-bond acceptors (Lipinski definition) is 3. The molecule has 70 valence electrons. The van der Waals surface area contributed by atoms with Gasteiger partial charge in [-0.05, 0) is 37.0 Å². The lowest BCUT2D eigenvalue weighted by atomic mass is 10.2. The van der Waals surface area contributed by atoms with Crippen molar-refractivity contribution in [1.29, 1.82) is 0 Å². The van der Waals surface area contributed by atoms with Gasteiger partial charge in [0.2, 0.25) is 0 Å². The molecule has 1 rings (SSSR count). The SMILES string of the molecule is CNCCC=Cc1ccsc1C=O. The van der Waals surface area contributed by atoms with Crippen LogP contribution in [0.5, 0.6) is 0 Å². The highest BCUT2D eigenvalue weighted by atomic mass is 32.1. The van der Waals surface area contributed by atoms with Crippen LogP contribution in [0.25, 0.3) is 6.08 Å². The molecule has 0 bridgehead atoms. The average molecular weight is 195 g/mol. The largest absolute Gasteiger partial charge is 0.319 e.